The van der Waals surface area contributed by atoms with Crippen LogP contribution >= 0.6 is 0 Å². The van der Waals surface area contributed by atoms with Gasteiger partial charge < -0.3 is 14.5 Å². The van der Waals surface area contributed by atoms with Gasteiger partial charge in [-0.05, 0) is 85.8 Å². The number of carbonyl (C=O) groups is 1. The molecule has 1 amide bonds. The van der Waals surface area contributed by atoms with E-state index in [0.717, 1.165) is 63.0 Å². The Balaban J connectivity index is 1.07. The fourth-order valence-electron chi connectivity index (χ4n) is 5.45. The minimum Gasteiger partial charge on any atom is -0.497 e. The maximum atomic E-state index is 13.1. The van der Waals surface area contributed by atoms with E-state index in [1.54, 1.807) is 7.11 Å². The summed E-state index contributed by atoms with van der Waals surface area (Å²) < 4.78 is 5.25. The molecule has 0 radical (unpaired) electrons. The molecule has 2 fully saturated rings. The molecule has 0 saturated carbocycles. The van der Waals surface area contributed by atoms with Crippen molar-refractivity contribution in [2.24, 2.45) is 5.92 Å². The Morgan fingerprint density at radius 3 is 2.08 bits per heavy atom. The van der Waals surface area contributed by atoms with Crippen molar-refractivity contribution in [3.05, 3.63) is 95.6 Å². The molecule has 0 aliphatic carbocycles. The van der Waals surface area contributed by atoms with Crippen molar-refractivity contribution in [3.8, 4) is 5.75 Å². The number of nitrogens with zero attached hydrogens (tertiary/aromatic N) is 3. The van der Waals surface area contributed by atoms with Crippen molar-refractivity contribution in [1.82, 2.24) is 9.80 Å². The lowest BCUT2D eigenvalue weighted by atomic mass is 9.90. The summed E-state index contributed by atoms with van der Waals surface area (Å²) >= 11 is 0. The Morgan fingerprint density at radius 2 is 1.44 bits per heavy atom. The Morgan fingerprint density at radius 1 is 0.778 bits per heavy atom. The van der Waals surface area contributed by atoms with Gasteiger partial charge in [0.25, 0.3) is 5.91 Å². The lowest BCUT2D eigenvalue weighted by molar-refractivity contribution is 0.0746. The molecular formula is C31H37N3O2. The van der Waals surface area contributed by atoms with Gasteiger partial charge in [0.2, 0.25) is 0 Å². The van der Waals surface area contributed by atoms with Crippen LogP contribution in [0.1, 0.15) is 34.3 Å². The minimum atomic E-state index is 0.137. The monoisotopic (exact) mass is 483 g/mol. The molecule has 188 valence electrons. The van der Waals surface area contributed by atoms with Gasteiger partial charge in [0.05, 0.1) is 7.11 Å². The molecule has 2 heterocycles. The molecule has 3 aromatic rings. The van der Waals surface area contributed by atoms with Crippen LogP contribution in [0.2, 0.25) is 0 Å². The van der Waals surface area contributed by atoms with Crippen molar-refractivity contribution in [2.45, 2.75) is 25.8 Å². The molecule has 2 aliphatic rings. The number of likely N-dealkylation sites (tertiary alicyclic amines) is 1. The Bertz CT molecular complexity index is 1100. The van der Waals surface area contributed by atoms with Crippen molar-refractivity contribution in [2.75, 3.05) is 51.3 Å². The first kappa shape index (κ1) is 24.4. The largest absolute Gasteiger partial charge is 0.497 e. The highest BCUT2D eigenvalue weighted by atomic mass is 16.5. The highest BCUT2D eigenvalue weighted by molar-refractivity contribution is 5.94. The minimum absolute atomic E-state index is 0.137. The summed E-state index contributed by atoms with van der Waals surface area (Å²) in [5.74, 6) is 1.79. The fourth-order valence-corrected chi connectivity index (χ4v) is 5.45. The summed E-state index contributed by atoms with van der Waals surface area (Å²) in [5, 5.41) is 0. The lowest BCUT2D eigenvalue weighted by Crippen LogP contribution is -2.48. The van der Waals surface area contributed by atoms with Crippen LogP contribution in [-0.2, 0) is 13.0 Å². The zero-order valence-electron chi connectivity index (χ0n) is 21.3. The molecule has 36 heavy (non-hydrogen) atoms. The standard InChI is InChI=1S/C31H37N3O2/c1-36-30-13-11-29(12-14-30)33-19-21-34(22-20-33)31(35)28-9-7-27(8-10-28)24-32-17-15-26(16-18-32)23-25-5-3-2-4-6-25/h2-14,26H,15-24H2,1H3. The van der Waals surface area contributed by atoms with E-state index in [0.29, 0.717) is 0 Å². The van der Waals surface area contributed by atoms with Crippen molar-refractivity contribution >= 4 is 11.6 Å². The molecule has 0 spiro atoms. The molecule has 2 saturated heterocycles. The Labute approximate surface area is 215 Å². The average molecular weight is 484 g/mol. The van der Waals surface area contributed by atoms with E-state index < -0.39 is 0 Å². The number of ether oxygens (including phenoxy) is 1. The summed E-state index contributed by atoms with van der Waals surface area (Å²) in [5.41, 5.74) is 4.71. The number of benzene rings is 3. The van der Waals surface area contributed by atoms with E-state index in [1.807, 2.05) is 29.2 Å². The lowest BCUT2D eigenvalue weighted by Gasteiger charge is -2.36. The van der Waals surface area contributed by atoms with Gasteiger partial charge in [-0.25, -0.2) is 0 Å². The van der Waals surface area contributed by atoms with Gasteiger partial charge in [0.1, 0.15) is 5.75 Å². The highest BCUT2D eigenvalue weighted by Crippen LogP contribution is 2.24. The molecule has 0 unspecified atom stereocenters. The van der Waals surface area contributed by atoms with Gasteiger partial charge in [-0.2, -0.15) is 0 Å². The summed E-state index contributed by atoms with van der Waals surface area (Å²) in [4.78, 5) is 20.0. The van der Waals surface area contributed by atoms with Crippen molar-refractivity contribution < 1.29 is 9.53 Å². The number of piperazine rings is 1. The molecule has 5 rings (SSSR count). The van der Waals surface area contributed by atoms with Gasteiger partial charge in [0.15, 0.2) is 0 Å². The molecule has 3 aromatic carbocycles. The van der Waals surface area contributed by atoms with Crippen LogP contribution < -0.4 is 9.64 Å². The van der Waals surface area contributed by atoms with Crippen LogP contribution in [0, 0.1) is 5.92 Å². The van der Waals surface area contributed by atoms with E-state index >= 15 is 0 Å². The van der Waals surface area contributed by atoms with Gasteiger partial charge >= 0.3 is 0 Å². The van der Waals surface area contributed by atoms with E-state index in [1.165, 1.54) is 36.1 Å². The zero-order valence-corrected chi connectivity index (χ0v) is 21.3. The van der Waals surface area contributed by atoms with E-state index in [4.69, 9.17) is 4.74 Å². The molecule has 0 N–H and O–H groups in total. The summed E-state index contributed by atoms with van der Waals surface area (Å²) in [6, 6.07) is 27.3. The van der Waals surface area contributed by atoms with E-state index in [-0.39, 0.29) is 5.91 Å². The number of piperidine rings is 1. The van der Waals surface area contributed by atoms with E-state index in [2.05, 4.69) is 64.4 Å². The quantitative estimate of drug-likeness (QED) is 0.468. The maximum Gasteiger partial charge on any atom is 0.253 e. The first-order valence-electron chi connectivity index (χ1n) is 13.2. The summed E-state index contributed by atoms with van der Waals surface area (Å²) in [6.07, 6.45) is 3.71. The number of hydrogen-bond acceptors (Lipinski definition) is 4. The molecule has 0 aromatic heterocycles. The normalized spacial score (nSPS) is 17.2. The average Bonchev–Trinajstić information content (AvgIpc) is 2.95. The number of hydrogen-bond donors (Lipinski definition) is 0. The molecule has 5 heteroatoms. The van der Waals surface area contributed by atoms with Crippen LogP contribution in [0.5, 0.6) is 5.75 Å². The Kier molecular flexibility index (Phi) is 7.87. The van der Waals surface area contributed by atoms with Crippen LogP contribution in [0.25, 0.3) is 0 Å². The first-order chi connectivity index (χ1) is 17.7. The first-order valence-corrected chi connectivity index (χ1v) is 13.2. The third kappa shape index (κ3) is 6.08. The third-order valence-corrected chi connectivity index (χ3v) is 7.69. The second-order valence-corrected chi connectivity index (χ2v) is 10.1. The van der Waals surface area contributed by atoms with Gasteiger partial charge in [-0.1, -0.05) is 42.5 Å². The molecular weight excluding hydrogens is 446 g/mol. The smallest absolute Gasteiger partial charge is 0.253 e. The van der Waals surface area contributed by atoms with Crippen LogP contribution in [0.15, 0.2) is 78.9 Å². The molecule has 0 bridgehead atoms. The van der Waals surface area contributed by atoms with Crippen LogP contribution in [-0.4, -0.2) is 62.1 Å². The molecule has 2 aliphatic heterocycles. The molecule has 0 atom stereocenters. The van der Waals surface area contributed by atoms with E-state index in [9.17, 15) is 4.79 Å². The third-order valence-electron chi connectivity index (χ3n) is 7.69. The second-order valence-electron chi connectivity index (χ2n) is 10.1. The number of methoxy groups -OCH3 is 1. The zero-order chi connectivity index (χ0) is 24.7. The second kappa shape index (κ2) is 11.6. The van der Waals surface area contributed by atoms with Crippen LogP contribution in [0.3, 0.4) is 0 Å². The topological polar surface area (TPSA) is 36.0 Å². The van der Waals surface area contributed by atoms with Gasteiger partial charge in [0, 0.05) is 44.0 Å². The predicted molar refractivity (Wildman–Crippen MR) is 146 cm³/mol. The van der Waals surface area contributed by atoms with Crippen molar-refractivity contribution in [3.63, 3.8) is 0 Å². The number of anilines is 1. The fraction of sp³-hybridized carbons (Fsp3) is 0.387. The summed E-state index contributed by atoms with van der Waals surface area (Å²) in [6.45, 7) is 6.43. The molecule has 5 nitrogen and oxygen atoms in total. The maximum absolute atomic E-state index is 13.1. The highest BCUT2D eigenvalue weighted by Gasteiger charge is 2.23. The SMILES string of the molecule is COc1ccc(N2CCN(C(=O)c3ccc(CN4CCC(Cc5ccccc5)CC4)cc3)CC2)cc1. The number of amides is 1. The van der Waals surface area contributed by atoms with Crippen LogP contribution in [0.4, 0.5) is 5.69 Å². The summed E-state index contributed by atoms with van der Waals surface area (Å²) in [7, 11) is 1.68. The Hall–Kier alpha value is -3.31. The predicted octanol–water partition coefficient (Wildman–Crippen LogP) is 5.11. The number of rotatable bonds is 7. The van der Waals surface area contributed by atoms with Crippen molar-refractivity contribution in [1.29, 1.82) is 0 Å². The van der Waals surface area contributed by atoms with Gasteiger partial charge in [-0.3, -0.25) is 9.69 Å². The number of carbonyl (C=O) groups excluding carboxylic acids is 1. The van der Waals surface area contributed by atoms with Gasteiger partial charge in [-0.15, -0.1) is 0 Å².